The molecule has 1 aliphatic heterocycles. The zero-order valence-corrected chi connectivity index (χ0v) is 23.1. The monoisotopic (exact) mass is 584 g/mol. The van der Waals surface area contributed by atoms with Gasteiger partial charge < -0.3 is 18.9 Å². The third-order valence-electron chi connectivity index (χ3n) is 6.13. The maximum Gasteiger partial charge on any atom is 0.337 e. The van der Waals surface area contributed by atoms with Crippen LogP contribution in [0.15, 0.2) is 70.7 Å². The summed E-state index contributed by atoms with van der Waals surface area (Å²) in [5, 5.41) is 15.8. The first-order chi connectivity index (χ1) is 19.7. The molecule has 0 atom stereocenters. The largest absolute Gasteiger partial charge is 0.493 e. The molecule has 1 aliphatic rings. The zero-order chi connectivity index (χ0) is 29.4. The molecule has 0 amide bonds. The van der Waals surface area contributed by atoms with E-state index in [9.17, 15) is 23.3 Å². The van der Waals surface area contributed by atoms with Gasteiger partial charge in [-0.25, -0.2) is 13.2 Å². The summed E-state index contributed by atoms with van der Waals surface area (Å²) in [5.41, 5.74) is 4.08. The molecule has 0 radical (unpaired) electrons. The summed E-state index contributed by atoms with van der Waals surface area (Å²) in [6.45, 7) is 1.11. The molecule has 0 aromatic heterocycles. The Kier molecular flexibility index (Phi) is 9.49. The SMILES string of the molecule is COC(=O)c1ccc(COc2ccc(/C=N/Nc3ccc(S(=O)(=O)N4CCOCC4)cc3[N+](=O)[O-])cc2OC)cc1. The highest BCUT2D eigenvalue weighted by atomic mass is 32.2. The van der Waals surface area contributed by atoms with E-state index in [1.807, 2.05) is 0 Å². The Bertz CT molecular complexity index is 1540. The van der Waals surface area contributed by atoms with E-state index < -0.39 is 26.6 Å². The third-order valence-corrected chi connectivity index (χ3v) is 8.02. The lowest BCUT2D eigenvalue weighted by Gasteiger charge is -2.26. The Balaban J connectivity index is 1.43. The van der Waals surface area contributed by atoms with Gasteiger partial charge in [0.25, 0.3) is 5.69 Å². The number of nitro benzene ring substituents is 1. The number of sulfonamides is 1. The smallest absolute Gasteiger partial charge is 0.337 e. The summed E-state index contributed by atoms with van der Waals surface area (Å²) in [6, 6.07) is 15.5. The van der Waals surface area contributed by atoms with Crippen LogP contribution in [0.5, 0.6) is 11.5 Å². The van der Waals surface area contributed by atoms with Gasteiger partial charge in [0.15, 0.2) is 11.5 Å². The highest BCUT2D eigenvalue weighted by Gasteiger charge is 2.28. The number of hydrazone groups is 1. The third kappa shape index (κ3) is 7.16. The maximum absolute atomic E-state index is 12.9. The Morgan fingerprint density at radius 3 is 2.46 bits per heavy atom. The summed E-state index contributed by atoms with van der Waals surface area (Å²) in [4.78, 5) is 22.4. The molecule has 3 aromatic rings. The minimum absolute atomic E-state index is 0.0253. The fourth-order valence-corrected chi connectivity index (χ4v) is 5.36. The van der Waals surface area contributed by atoms with Crippen molar-refractivity contribution >= 4 is 33.6 Å². The number of carbonyl (C=O) groups is 1. The van der Waals surface area contributed by atoms with Gasteiger partial charge in [-0.1, -0.05) is 12.1 Å². The maximum atomic E-state index is 12.9. The predicted molar refractivity (Wildman–Crippen MR) is 149 cm³/mol. The van der Waals surface area contributed by atoms with Gasteiger partial charge in [-0.05, 0) is 53.6 Å². The highest BCUT2D eigenvalue weighted by molar-refractivity contribution is 7.89. The quantitative estimate of drug-likeness (QED) is 0.153. The minimum Gasteiger partial charge on any atom is -0.493 e. The lowest BCUT2D eigenvalue weighted by Crippen LogP contribution is -2.40. The molecule has 13 nitrogen and oxygen atoms in total. The van der Waals surface area contributed by atoms with Crippen LogP contribution in [-0.2, 0) is 26.1 Å². The van der Waals surface area contributed by atoms with E-state index >= 15 is 0 Å². The number of morpholine rings is 1. The van der Waals surface area contributed by atoms with Crippen molar-refractivity contribution in [3.63, 3.8) is 0 Å². The number of anilines is 1. The van der Waals surface area contributed by atoms with Crippen molar-refractivity contribution in [2.45, 2.75) is 11.5 Å². The number of nitrogens with one attached hydrogen (secondary N) is 1. The number of rotatable bonds is 11. The van der Waals surface area contributed by atoms with Crippen molar-refractivity contribution in [3.8, 4) is 11.5 Å². The van der Waals surface area contributed by atoms with Crippen LogP contribution in [0, 0.1) is 10.1 Å². The molecule has 216 valence electrons. The lowest BCUT2D eigenvalue weighted by molar-refractivity contribution is -0.384. The van der Waals surface area contributed by atoms with Crippen LogP contribution in [0.1, 0.15) is 21.5 Å². The van der Waals surface area contributed by atoms with Gasteiger partial charge >= 0.3 is 5.97 Å². The van der Waals surface area contributed by atoms with E-state index in [1.54, 1.807) is 42.5 Å². The second kappa shape index (κ2) is 13.2. The zero-order valence-electron chi connectivity index (χ0n) is 22.3. The molecule has 3 aromatic carbocycles. The van der Waals surface area contributed by atoms with E-state index in [1.165, 1.54) is 36.9 Å². The number of nitro groups is 1. The Morgan fingerprint density at radius 1 is 1.07 bits per heavy atom. The lowest BCUT2D eigenvalue weighted by atomic mass is 10.1. The number of benzene rings is 3. The summed E-state index contributed by atoms with van der Waals surface area (Å²) in [7, 11) is -1.09. The van der Waals surface area contributed by atoms with E-state index in [2.05, 4.69) is 10.5 Å². The molecule has 14 heteroatoms. The average Bonchev–Trinajstić information content (AvgIpc) is 3.00. The second-order valence-corrected chi connectivity index (χ2v) is 10.6. The Labute approximate surface area is 236 Å². The highest BCUT2D eigenvalue weighted by Crippen LogP contribution is 2.30. The normalized spacial score (nSPS) is 14.0. The second-order valence-electron chi connectivity index (χ2n) is 8.71. The Morgan fingerprint density at radius 2 is 1.80 bits per heavy atom. The van der Waals surface area contributed by atoms with Gasteiger partial charge in [0.05, 0.1) is 49.0 Å². The molecular formula is C27H28N4O9S. The summed E-state index contributed by atoms with van der Waals surface area (Å²) in [5.74, 6) is 0.486. The standard InChI is InChI=1S/C27H28N4O9S/c1-37-26-15-20(5-10-25(26)40-18-19-3-6-21(7-4-19)27(32)38-2)17-28-29-23-9-8-22(16-24(23)31(33)34)41(35,36)30-11-13-39-14-12-30/h3-10,15-17,29H,11-14,18H2,1-2H3/b28-17+. The van der Waals surface area contributed by atoms with Crippen LogP contribution in [0.25, 0.3) is 0 Å². The molecule has 0 aliphatic carbocycles. The van der Waals surface area contributed by atoms with Crippen molar-refractivity contribution in [2.75, 3.05) is 45.9 Å². The fourth-order valence-electron chi connectivity index (χ4n) is 3.93. The van der Waals surface area contributed by atoms with Crippen LogP contribution < -0.4 is 14.9 Å². The van der Waals surface area contributed by atoms with Gasteiger partial charge in [-0.3, -0.25) is 15.5 Å². The topological polar surface area (TPSA) is 159 Å². The average molecular weight is 585 g/mol. The molecule has 0 spiro atoms. The van der Waals surface area contributed by atoms with Crippen LogP contribution in [0.3, 0.4) is 0 Å². The molecule has 0 unspecified atom stereocenters. The van der Waals surface area contributed by atoms with E-state index in [0.29, 0.717) is 22.6 Å². The van der Waals surface area contributed by atoms with Crippen LogP contribution in [0.4, 0.5) is 11.4 Å². The van der Waals surface area contributed by atoms with E-state index in [0.717, 1.165) is 11.6 Å². The molecule has 0 saturated carbocycles. The van der Waals surface area contributed by atoms with Gasteiger partial charge in [-0.15, -0.1) is 0 Å². The van der Waals surface area contributed by atoms with Gasteiger partial charge in [0.1, 0.15) is 12.3 Å². The van der Waals surface area contributed by atoms with Gasteiger partial charge in [-0.2, -0.15) is 9.41 Å². The van der Waals surface area contributed by atoms with Crippen molar-refractivity contribution < 1.29 is 37.1 Å². The first-order valence-corrected chi connectivity index (χ1v) is 13.8. The summed E-state index contributed by atoms with van der Waals surface area (Å²) < 4.78 is 48.2. The van der Waals surface area contributed by atoms with Crippen molar-refractivity contribution in [1.82, 2.24) is 4.31 Å². The van der Waals surface area contributed by atoms with E-state index in [4.69, 9.17) is 18.9 Å². The number of carbonyl (C=O) groups excluding carboxylic acids is 1. The number of esters is 1. The molecule has 1 saturated heterocycles. The number of ether oxygens (including phenoxy) is 4. The van der Waals surface area contributed by atoms with Crippen LogP contribution >= 0.6 is 0 Å². The minimum atomic E-state index is -3.90. The van der Waals surface area contributed by atoms with Gasteiger partial charge in [0, 0.05) is 19.2 Å². The number of hydrogen-bond donors (Lipinski definition) is 1. The van der Waals surface area contributed by atoms with Crippen molar-refractivity contribution in [2.24, 2.45) is 5.10 Å². The van der Waals surface area contributed by atoms with Crippen molar-refractivity contribution in [3.05, 3.63) is 87.5 Å². The summed E-state index contributed by atoms with van der Waals surface area (Å²) in [6.07, 6.45) is 1.43. The number of methoxy groups -OCH3 is 2. The molecule has 1 heterocycles. The van der Waals surface area contributed by atoms with Crippen LogP contribution in [0.2, 0.25) is 0 Å². The van der Waals surface area contributed by atoms with Gasteiger partial charge in [0.2, 0.25) is 10.0 Å². The molecule has 0 bridgehead atoms. The summed E-state index contributed by atoms with van der Waals surface area (Å²) >= 11 is 0. The van der Waals surface area contributed by atoms with Crippen LogP contribution in [-0.4, -0.2) is 70.4 Å². The van der Waals surface area contributed by atoms with Crippen molar-refractivity contribution in [1.29, 1.82) is 0 Å². The fraction of sp³-hybridized carbons (Fsp3) is 0.259. The molecule has 1 fully saturated rings. The predicted octanol–water partition coefficient (Wildman–Crippen LogP) is 3.44. The first kappa shape index (κ1) is 29.5. The first-order valence-electron chi connectivity index (χ1n) is 12.4. The molecule has 41 heavy (non-hydrogen) atoms. The molecule has 4 rings (SSSR count). The Hall–Kier alpha value is -4.53. The molecular weight excluding hydrogens is 556 g/mol. The van der Waals surface area contributed by atoms with E-state index in [-0.39, 0.29) is 43.5 Å². The number of hydrogen-bond acceptors (Lipinski definition) is 11. The number of nitrogens with zero attached hydrogens (tertiary/aromatic N) is 3. The molecule has 1 N–H and O–H groups in total.